The molecular formula is C17H23NO4. The minimum Gasteiger partial charge on any atom is -0.497 e. The molecule has 3 atom stereocenters. The number of nitrogens with one attached hydrogen (secondary N) is 1. The molecule has 5 heteroatoms. The van der Waals surface area contributed by atoms with Gasteiger partial charge in [-0.25, -0.2) is 0 Å². The molecule has 1 unspecified atom stereocenters. The Morgan fingerprint density at radius 1 is 1.32 bits per heavy atom. The Morgan fingerprint density at radius 3 is 2.55 bits per heavy atom. The van der Waals surface area contributed by atoms with E-state index in [1.807, 2.05) is 31.2 Å². The Labute approximate surface area is 130 Å². The van der Waals surface area contributed by atoms with Crippen LogP contribution in [0.3, 0.4) is 0 Å². The smallest absolute Gasteiger partial charge is 0.306 e. The molecule has 1 aliphatic rings. The van der Waals surface area contributed by atoms with Crippen molar-refractivity contribution in [1.82, 2.24) is 5.32 Å². The Bertz CT molecular complexity index is 526. The maximum absolute atomic E-state index is 12.2. The lowest BCUT2D eigenvalue weighted by atomic mass is 9.99. The number of amides is 1. The zero-order valence-electron chi connectivity index (χ0n) is 13.0. The molecule has 2 N–H and O–H groups in total. The number of carboxylic acid groups (broad SMARTS) is 1. The van der Waals surface area contributed by atoms with Crippen LogP contribution in [0.2, 0.25) is 0 Å². The standard InChI is InChI=1S/C17H23NO4/c1-11(9-12-3-7-15(22-2)8-4-12)16(19)18-14-6-5-13(10-14)17(20)21/h3-4,7-8,11,13-14H,5-6,9-10H2,1-2H3,(H,18,19)(H,20,21)/t11?,13-,14+/m0/s1. The van der Waals surface area contributed by atoms with E-state index >= 15 is 0 Å². The van der Waals surface area contributed by atoms with Crippen molar-refractivity contribution in [1.29, 1.82) is 0 Å². The largest absolute Gasteiger partial charge is 0.497 e. The van der Waals surface area contributed by atoms with Crippen LogP contribution in [0.5, 0.6) is 5.75 Å². The average Bonchev–Trinajstić information content (AvgIpc) is 2.96. The summed E-state index contributed by atoms with van der Waals surface area (Å²) in [4.78, 5) is 23.2. The van der Waals surface area contributed by atoms with Gasteiger partial charge in [-0.1, -0.05) is 19.1 Å². The van der Waals surface area contributed by atoms with Gasteiger partial charge in [0.15, 0.2) is 0 Å². The van der Waals surface area contributed by atoms with Crippen molar-refractivity contribution in [2.45, 2.75) is 38.6 Å². The summed E-state index contributed by atoms with van der Waals surface area (Å²) in [5, 5.41) is 12.0. The molecule has 0 bridgehead atoms. The van der Waals surface area contributed by atoms with Gasteiger partial charge in [0, 0.05) is 12.0 Å². The maximum Gasteiger partial charge on any atom is 0.306 e. The number of carbonyl (C=O) groups excluding carboxylic acids is 1. The first-order valence-electron chi connectivity index (χ1n) is 7.65. The van der Waals surface area contributed by atoms with Gasteiger partial charge in [0.05, 0.1) is 13.0 Å². The summed E-state index contributed by atoms with van der Waals surface area (Å²) in [6.45, 7) is 1.89. The minimum absolute atomic E-state index is 0.00748. The molecule has 120 valence electrons. The molecule has 1 aromatic carbocycles. The van der Waals surface area contributed by atoms with Gasteiger partial charge in [0.1, 0.15) is 5.75 Å². The summed E-state index contributed by atoms with van der Waals surface area (Å²) >= 11 is 0. The monoisotopic (exact) mass is 305 g/mol. The van der Waals surface area contributed by atoms with E-state index in [-0.39, 0.29) is 23.8 Å². The quantitative estimate of drug-likeness (QED) is 0.845. The van der Waals surface area contributed by atoms with Crippen molar-refractivity contribution in [3.63, 3.8) is 0 Å². The van der Waals surface area contributed by atoms with Gasteiger partial charge in [0.2, 0.25) is 5.91 Å². The highest BCUT2D eigenvalue weighted by molar-refractivity contribution is 5.79. The van der Waals surface area contributed by atoms with Gasteiger partial charge in [-0.3, -0.25) is 9.59 Å². The number of benzene rings is 1. The molecule has 1 aliphatic carbocycles. The van der Waals surface area contributed by atoms with E-state index in [1.54, 1.807) is 7.11 Å². The van der Waals surface area contributed by atoms with E-state index in [9.17, 15) is 9.59 Å². The van der Waals surface area contributed by atoms with Crippen LogP contribution in [0.25, 0.3) is 0 Å². The van der Waals surface area contributed by atoms with Crippen molar-refractivity contribution in [2.24, 2.45) is 11.8 Å². The summed E-state index contributed by atoms with van der Waals surface area (Å²) in [5.74, 6) is -0.430. The summed E-state index contributed by atoms with van der Waals surface area (Å²) in [6, 6.07) is 7.67. The molecule has 1 aromatic rings. The van der Waals surface area contributed by atoms with E-state index in [0.29, 0.717) is 19.3 Å². The Balaban J connectivity index is 1.83. The predicted octanol–water partition coefficient (Wildman–Crippen LogP) is 2.24. The molecule has 1 saturated carbocycles. The molecule has 0 aromatic heterocycles. The van der Waals surface area contributed by atoms with Crippen LogP contribution in [-0.2, 0) is 16.0 Å². The number of carbonyl (C=O) groups is 2. The summed E-state index contributed by atoms with van der Waals surface area (Å²) in [7, 11) is 1.62. The van der Waals surface area contributed by atoms with Crippen molar-refractivity contribution in [2.75, 3.05) is 7.11 Å². The molecule has 0 saturated heterocycles. The molecular weight excluding hydrogens is 282 g/mol. The topological polar surface area (TPSA) is 75.6 Å². The van der Waals surface area contributed by atoms with Crippen molar-refractivity contribution in [3.8, 4) is 5.75 Å². The van der Waals surface area contributed by atoms with Crippen LogP contribution in [0.4, 0.5) is 0 Å². The molecule has 5 nitrogen and oxygen atoms in total. The van der Waals surface area contributed by atoms with E-state index < -0.39 is 5.97 Å². The number of hydrogen-bond acceptors (Lipinski definition) is 3. The number of methoxy groups -OCH3 is 1. The molecule has 1 fully saturated rings. The highest BCUT2D eigenvalue weighted by atomic mass is 16.5. The third-order valence-corrected chi connectivity index (χ3v) is 4.28. The van der Waals surface area contributed by atoms with E-state index in [2.05, 4.69) is 5.32 Å². The average molecular weight is 305 g/mol. The highest BCUT2D eigenvalue weighted by Gasteiger charge is 2.31. The normalized spacial score (nSPS) is 22.1. The molecule has 0 aliphatic heterocycles. The van der Waals surface area contributed by atoms with Gasteiger partial charge in [-0.2, -0.15) is 0 Å². The molecule has 0 spiro atoms. The third kappa shape index (κ3) is 4.23. The van der Waals surface area contributed by atoms with E-state index in [0.717, 1.165) is 17.7 Å². The van der Waals surface area contributed by atoms with Crippen LogP contribution in [0.1, 0.15) is 31.7 Å². The van der Waals surface area contributed by atoms with Gasteiger partial charge < -0.3 is 15.2 Å². The fraction of sp³-hybridized carbons (Fsp3) is 0.529. The number of rotatable bonds is 6. The SMILES string of the molecule is COc1ccc(CC(C)C(=O)N[C@@H]2CC[C@H](C(=O)O)C2)cc1. The number of hydrogen-bond donors (Lipinski definition) is 2. The first-order valence-corrected chi connectivity index (χ1v) is 7.65. The first kappa shape index (κ1) is 16.3. The van der Waals surface area contributed by atoms with E-state index in [4.69, 9.17) is 9.84 Å². The fourth-order valence-electron chi connectivity index (χ4n) is 2.89. The van der Waals surface area contributed by atoms with Gasteiger partial charge in [-0.05, 0) is 43.4 Å². The lowest BCUT2D eigenvalue weighted by molar-refractivity contribution is -0.141. The molecule has 0 radical (unpaired) electrons. The maximum atomic E-state index is 12.2. The number of ether oxygens (including phenoxy) is 1. The fourth-order valence-corrected chi connectivity index (χ4v) is 2.89. The molecule has 0 heterocycles. The van der Waals surface area contributed by atoms with Crippen molar-refractivity contribution >= 4 is 11.9 Å². The summed E-state index contributed by atoms with van der Waals surface area (Å²) in [6.07, 6.45) is 2.59. The molecule has 1 amide bonds. The Kier molecular flexibility index (Phi) is 5.41. The van der Waals surface area contributed by atoms with Gasteiger partial charge in [-0.15, -0.1) is 0 Å². The predicted molar refractivity (Wildman–Crippen MR) is 82.8 cm³/mol. The van der Waals surface area contributed by atoms with Gasteiger partial charge >= 0.3 is 5.97 Å². The van der Waals surface area contributed by atoms with Crippen LogP contribution in [0.15, 0.2) is 24.3 Å². The van der Waals surface area contributed by atoms with Crippen LogP contribution < -0.4 is 10.1 Å². The molecule has 22 heavy (non-hydrogen) atoms. The van der Waals surface area contributed by atoms with Crippen LogP contribution in [-0.4, -0.2) is 30.1 Å². The van der Waals surface area contributed by atoms with E-state index in [1.165, 1.54) is 0 Å². The van der Waals surface area contributed by atoms with Crippen LogP contribution >= 0.6 is 0 Å². The van der Waals surface area contributed by atoms with Gasteiger partial charge in [0.25, 0.3) is 0 Å². The van der Waals surface area contributed by atoms with Crippen molar-refractivity contribution < 1.29 is 19.4 Å². The first-order chi connectivity index (χ1) is 10.5. The lowest BCUT2D eigenvalue weighted by Gasteiger charge is -2.17. The zero-order chi connectivity index (χ0) is 16.1. The lowest BCUT2D eigenvalue weighted by Crippen LogP contribution is -2.37. The second kappa shape index (κ2) is 7.29. The third-order valence-electron chi connectivity index (χ3n) is 4.28. The Morgan fingerprint density at radius 2 is 2.00 bits per heavy atom. The summed E-state index contributed by atoms with van der Waals surface area (Å²) < 4.78 is 5.11. The molecule has 2 rings (SSSR count). The second-order valence-corrected chi connectivity index (χ2v) is 6.01. The number of aliphatic carboxylic acids is 1. The Hall–Kier alpha value is -2.04. The zero-order valence-corrected chi connectivity index (χ0v) is 13.0. The second-order valence-electron chi connectivity index (χ2n) is 6.01. The summed E-state index contributed by atoms with van der Waals surface area (Å²) in [5.41, 5.74) is 1.08. The number of carboxylic acids is 1. The van der Waals surface area contributed by atoms with Crippen molar-refractivity contribution in [3.05, 3.63) is 29.8 Å². The minimum atomic E-state index is -0.761. The van der Waals surface area contributed by atoms with Crippen LogP contribution in [0, 0.1) is 11.8 Å². The highest BCUT2D eigenvalue weighted by Crippen LogP contribution is 2.26.